The molecule has 0 spiro atoms. The number of para-hydroxylation sites is 1. The Balaban J connectivity index is 2.11. The molecule has 0 aromatic heterocycles. The van der Waals surface area contributed by atoms with Gasteiger partial charge in [0.05, 0.1) is 12.0 Å². The van der Waals surface area contributed by atoms with Gasteiger partial charge >= 0.3 is 0 Å². The van der Waals surface area contributed by atoms with Gasteiger partial charge in [-0.25, -0.2) is 0 Å². The van der Waals surface area contributed by atoms with E-state index in [4.69, 9.17) is 4.74 Å². The van der Waals surface area contributed by atoms with E-state index in [9.17, 15) is 4.79 Å². The molecule has 1 aromatic rings. The van der Waals surface area contributed by atoms with Crippen molar-refractivity contribution in [2.75, 3.05) is 5.75 Å². The summed E-state index contributed by atoms with van der Waals surface area (Å²) >= 11 is 1.34. The minimum absolute atomic E-state index is 0.0413. The van der Waals surface area contributed by atoms with Crippen LogP contribution >= 0.6 is 11.8 Å². The van der Waals surface area contributed by atoms with Gasteiger partial charge in [0.25, 0.3) is 0 Å². The van der Waals surface area contributed by atoms with E-state index in [1.807, 2.05) is 45.0 Å². The maximum Gasteiger partial charge on any atom is 0.236 e. The quantitative estimate of drug-likeness (QED) is 0.687. The van der Waals surface area contributed by atoms with E-state index < -0.39 is 0 Å². The number of hydrogen-bond acceptors (Lipinski definition) is 5. The zero-order chi connectivity index (χ0) is 14.6. The minimum atomic E-state index is -0.273. The van der Waals surface area contributed by atoms with Gasteiger partial charge < -0.3 is 10.1 Å². The predicted molar refractivity (Wildman–Crippen MR) is 82.5 cm³/mol. The molecule has 0 atom stereocenters. The molecule has 1 aliphatic heterocycles. The van der Waals surface area contributed by atoms with E-state index >= 15 is 0 Å². The molecule has 0 radical (unpaired) electrons. The number of carbonyl (C=O) groups excluding carboxylic acids is 1. The molecule has 6 heteroatoms. The molecular formula is C14H17N3O2S. The summed E-state index contributed by atoms with van der Waals surface area (Å²) in [6.45, 7) is 5.98. The van der Waals surface area contributed by atoms with Gasteiger partial charge in [0, 0.05) is 5.56 Å². The first-order valence-electron chi connectivity index (χ1n) is 6.26. The van der Waals surface area contributed by atoms with Crippen molar-refractivity contribution in [3.05, 3.63) is 29.8 Å². The molecule has 1 heterocycles. The topological polar surface area (TPSA) is 63.1 Å². The van der Waals surface area contributed by atoms with Crippen LogP contribution in [0, 0.1) is 0 Å². The van der Waals surface area contributed by atoms with Crippen LogP contribution in [0.3, 0.4) is 0 Å². The highest BCUT2D eigenvalue weighted by molar-refractivity contribution is 8.15. The van der Waals surface area contributed by atoms with Crippen LogP contribution in [-0.4, -0.2) is 28.6 Å². The number of ether oxygens (including phenoxy) is 1. The summed E-state index contributed by atoms with van der Waals surface area (Å²) in [6, 6.07) is 7.63. The van der Waals surface area contributed by atoms with E-state index in [1.54, 1.807) is 6.21 Å². The first-order valence-corrected chi connectivity index (χ1v) is 7.24. The highest BCUT2D eigenvalue weighted by Crippen LogP contribution is 2.21. The Morgan fingerprint density at radius 3 is 2.75 bits per heavy atom. The summed E-state index contributed by atoms with van der Waals surface area (Å²) in [5, 5.41) is 11.1. The van der Waals surface area contributed by atoms with Gasteiger partial charge in [0.2, 0.25) is 5.91 Å². The molecule has 1 amide bonds. The SMILES string of the molecule is CC(C)(C)Oc1ccccc1C=NN=C1NC(=O)CS1. The molecule has 0 saturated carbocycles. The number of rotatable bonds is 3. The van der Waals surface area contributed by atoms with Crippen LogP contribution in [-0.2, 0) is 4.79 Å². The van der Waals surface area contributed by atoms with Gasteiger partial charge in [-0.2, -0.15) is 5.10 Å². The zero-order valence-corrected chi connectivity index (χ0v) is 12.5. The van der Waals surface area contributed by atoms with Gasteiger partial charge in [-0.15, -0.1) is 5.10 Å². The maximum atomic E-state index is 11.0. The fourth-order valence-corrected chi connectivity index (χ4v) is 2.16. The first kappa shape index (κ1) is 14.6. The number of amidine groups is 1. The fourth-order valence-electron chi connectivity index (χ4n) is 1.53. The van der Waals surface area contributed by atoms with E-state index in [2.05, 4.69) is 15.5 Å². The van der Waals surface area contributed by atoms with Gasteiger partial charge in [0.15, 0.2) is 5.17 Å². The first-order chi connectivity index (χ1) is 9.44. The number of hydrogen-bond donors (Lipinski definition) is 1. The third-order valence-corrected chi connectivity index (χ3v) is 3.13. The number of nitrogens with zero attached hydrogens (tertiary/aromatic N) is 2. The van der Waals surface area contributed by atoms with Crippen molar-refractivity contribution >= 4 is 29.1 Å². The van der Waals surface area contributed by atoms with Crippen molar-refractivity contribution in [3.8, 4) is 5.75 Å². The average Bonchev–Trinajstić information content (AvgIpc) is 2.75. The van der Waals surface area contributed by atoms with Crippen molar-refractivity contribution in [1.82, 2.24) is 5.32 Å². The molecule has 5 nitrogen and oxygen atoms in total. The van der Waals surface area contributed by atoms with Gasteiger partial charge in [-0.3, -0.25) is 4.79 Å². The Bertz CT molecular complexity index is 562. The van der Waals surface area contributed by atoms with Crippen molar-refractivity contribution in [2.24, 2.45) is 10.2 Å². The third-order valence-electron chi connectivity index (χ3n) is 2.27. The van der Waals surface area contributed by atoms with Crippen LogP contribution in [0.25, 0.3) is 0 Å². The summed E-state index contributed by atoms with van der Waals surface area (Å²) in [7, 11) is 0. The monoisotopic (exact) mass is 291 g/mol. The van der Waals surface area contributed by atoms with E-state index in [0.717, 1.165) is 11.3 Å². The summed E-state index contributed by atoms with van der Waals surface area (Å²) in [5.41, 5.74) is 0.576. The number of amides is 1. The van der Waals surface area contributed by atoms with E-state index in [1.165, 1.54) is 11.8 Å². The highest BCUT2D eigenvalue weighted by atomic mass is 32.2. The van der Waals surface area contributed by atoms with Crippen molar-refractivity contribution in [2.45, 2.75) is 26.4 Å². The number of thioether (sulfide) groups is 1. The second kappa shape index (κ2) is 6.09. The van der Waals surface area contributed by atoms with Crippen LogP contribution in [0.1, 0.15) is 26.3 Å². The lowest BCUT2D eigenvalue weighted by atomic mass is 10.1. The minimum Gasteiger partial charge on any atom is -0.487 e. The molecule has 1 fully saturated rings. The lowest BCUT2D eigenvalue weighted by Crippen LogP contribution is -2.23. The lowest BCUT2D eigenvalue weighted by Gasteiger charge is -2.22. The molecule has 1 aromatic carbocycles. The lowest BCUT2D eigenvalue weighted by molar-refractivity contribution is -0.116. The largest absolute Gasteiger partial charge is 0.487 e. The summed E-state index contributed by atoms with van der Waals surface area (Å²) in [4.78, 5) is 11.0. The molecule has 2 rings (SSSR count). The second-order valence-corrected chi connectivity index (χ2v) is 6.20. The Morgan fingerprint density at radius 2 is 2.10 bits per heavy atom. The second-order valence-electron chi connectivity index (χ2n) is 5.24. The number of benzene rings is 1. The Morgan fingerprint density at radius 1 is 1.35 bits per heavy atom. The molecule has 1 N–H and O–H groups in total. The van der Waals surface area contributed by atoms with Crippen molar-refractivity contribution < 1.29 is 9.53 Å². The fraction of sp³-hybridized carbons (Fsp3) is 0.357. The smallest absolute Gasteiger partial charge is 0.236 e. The molecular weight excluding hydrogens is 274 g/mol. The van der Waals surface area contributed by atoms with Crippen LogP contribution in [0.5, 0.6) is 5.75 Å². The molecule has 0 unspecified atom stereocenters. The Hall–Kier alpha value is -1.82. The average molecular weight is 291 g/mol. The van der Waals surface area contributed by atoms with Gasteiger partial charge in [-0.05, 0) is 32.9 Å². The van der Waals surface area contributed by atoms with Crippen LogP contribution in [0.15, 0.2) is 34.5 Å². The normalized spacial score (nSPS) is 17.8. The Labute approximate surface area is 122 Å². The predicted octanol–water partition coefficient (Wildman–Crippen LogP) is 2.42. The molecule has 0 bridgehead atoms. The highest BCUT2D eigenvalue weighted by Gasteiger charge is 2.16. The van der Waals surface area contributed by atoms with Crippen LogP contribution in [0.2, 0.25) is 0 Å². The number of carbonyl (C=O) groups is 1. The molecule has 0 aliphatic carbocycles. The third kappa shape index (κ3) is 4.38. The van der Waals surface area contributed by atoms with Gasteiger partial charge in [-0.1, -0.05) is 23.9 Å². The van der Waals surface area contributed by atoms with Crippen molar-refractivity contribution in [3.63, 3.8) is 0 Å². The number of nitrogens with one attached hydrogen (secondary N) is 1. The molecule has 1 aliphatic rings. The van der Waals surface area contributed by atoms with Crippen LogP contribution < -0.4 is 10.1 Å². The maximum absolute atomic E-state index is 11.0. The van der Waals surface area contributed by atoms with E-state index in [-0.39, 0.29) is 11.5 Å². The summed E-state index contributed by atoms with van der Waals surface area (Å²) in [5.74, 6) is 1.12. The summed E-state index contributed by atoms with van der Waals surface area (Å²) < 4.78 is 5.86. The molecule has 1 saturated heterocycles. The van der Waals surface area contributed by atoms with Crippen LogP contribution in [0.4, 0.5) is 0 Å². The molecule has 106 valence electrons. The standard InChI is InChI=1S/C14H17N3O2S/c1-14(2,3)19-11-7-5-4-6-10(11)8-15-17-13-16-12(18)9-20-13/h4-8H,9H2,1-3H3,(H,16,17,18). The van der Waals surface area contributed by atoms with E-state index in [0.29, 0.717) is 10.9 Å². The molecule has 20 heavy (non-hydrogen) atoms. The summed E-state index contributed by atoms with van der Waals surface area (Å²) in [6.07, 6.45) is 1.62. The van der Waals surface area contributed by atoms with Crippen molar-refractivity contribution in [1.29, 1.82) is 0 Å². The zero-order valence-electron chi connectivity index (χ0n) is 11.7. The van der Waals surface area contributed by atoms with Gasteiger partial charge in [0.1, 0.15) is 11.4 Å². The Kier molecular flexibility index (Phi) is 4.44.